The fraction of sp³-hybridized carbons (Fsp3) is 0.560. The highest BCUT2D eigenvalue weighted by Gasteiger charge is 2.29. The average Bonchev–Trinajstić information content (AvgIpc) is 2.95. The lowest BCUT2D eigenvalue weighted by Gasteiger charge is -2.43. The molecule has 3 aliphatic rings. The van der Waals surface area contributed by atoms with Gasteiger partial charge < -0.3 is 9.80 Å². The number of rotatable bonds is 3. The Morgan fingerprint density at radius 2 is 1.68 bits per heavy atom. The zero-order valence-corrected chi connectivity index (χ0v) is 18.8. The number of anilines is 1. The number of benzene rings is 1. The Morgan fingerprint density at radius 1 is 0.968 bits per heavy atom. The lowest BCUT2D eigenvalue weighted by Crippen LogP contribution is -2.52. The van der Waals surface area contributed by atoms with E-state index in [1.165, 1.54) is 24.8 Å². The minimum atomic E-state index is 0.142. The number of piperazine rings is 1. The second-order valence-electron chi connectivity index (χ2n) is 9.31. The molecular formula is C25H33N5O. The highest BCUT2D eigenvalue weighted by Crippen LogP contribution is 2.26. The fourth-order valence-corrected chi connectivity index (χ4v) is 5.17. The number of aromatic nitrogens is 2. The molecule has 0 unspecified atom stereocenters. The van der Waals surface area contributed by atoms with E-state index in [2.05, 4.69) is 9.80 Å². The van der Waals surface area contributed by atoms with Crippen LogP contribution in [0, 0.1) is 13.8 Å². The third-order valence-corrected chi connectivity index (χ3v) is 7.38. The quantitative estimate of drug-likeness (QED) is 0.766. The van der Waals surface area contributed by atoms with Gasteiger partial charge in [0, 0.05) is 63.5 Å². The number of fused-ring (bicyclic) bond motifs is 1. The molecule has 6 nitrogen and oxygen atoms in total. The maximum Gasteiger partial charge on any atom is 0.254 e. The predicted octanol–water partition coefficient (Wildman–Crippen LogP) is 3.01. The molecule has 2 aromatic rings. The Kier molecular flexibility index (Phi) is 5.65. The van der Waals surface area contributed by atoms with E-state index < -0.39 is 0 Å². The summed E-state index contributed by atoms with van der Waals surface area (Å²) in [5.41, 5.74) is 5.26. The van der Waals surface area contributed by atoms with Crippen LogP contribution < -0.4 is 4.90 Å². The predicted molar refractivity (Wildman–Crippen MR) is 123 cm³/mol. The molecule has 0 atom stereocenters. The van der Waals surface area contributed by atoms with Crippen molar-refractivity contribution in [2.24, 2.45) is 0 Å². The number of amides is 1. The molecule has 1 aliphatic carbocycles. The van der Waals surface area contributed by atoms with Crippen LogP contribution in [-0.4, -0.2) is 71.0 Å². The van der Waals surface area contributed by atoms with Crippen LogP contribution in [0.1, 0.15) is 52.0 Å². The van der Waals surface area contributed by atoms with Crippen LogP contribution in [-0.2, 0) is 12.8 Å². The molecule has 5 rings (SSSR count). The fourth-order valence-electron chi connectivity index (χ4n) is 5.17. The molecule has 0 N–H and O–H groups in total. The molecule has 1 aromatic heterocycles. The first-order valence-electron chi connectivity index (χ1n) is 11.8. The third-order valence-electron chi connectivity index (χ3n) is 7.38. The number of aryl methyl sites for hydroxylation is 2. The number of nitrogens with zero attached hydrogens (tertiary/aromatic N) is 5. The number of carbonyl (C=O) groups excluding carboxylic acids is 1. The van der Waals surface area contributed by atoms with Crippen LogP contribution in [0.15, 0.2) is 24.4 Å². The molecule has 31 heavy (non-hydrogen) atoms. The van der Waals surface area contributed by atoms with E-state index in [-0.39, 0.29) is 5.91 Å². The second kappa shape index (κ2) is 8.58. The summed E-state index contributed by atoms with van der Waals surface area (Å²) in [5.74, 6) is 1.00. The van der Waals surface area contributed by atoms with Gasteiger partial charge in [0.1, 0.15) is 0 Å². The molecule has 1 saturated carbocycles. The van der Waals surface area contributed by atoms with Crippen LogP contribution in [0.3, 0.4) is 0 Å². The third kappa shape index (κ3) is 4.05. The molecule has 3 heterocycles. The first-order chi connectivity index (χ1) is 15.1. The van der Waals surface area contributed by atoms with Gasteiger partial charge >= 0.3 is 0 Å². The Labute approximate surface area is 185 Å². The van der Waals surface area contributed by atoms with Gasteiger partial charge in [0.2, 0.25) is 5.95 Å². The summed E-state index contributed by atoms with van der Waals surface area (Å²) >= 11 is 0. The van der Waals surface area contributed by atoms with Gasteiger partial charge in [-0.05, 0) is 49.8 Å². The zero-order valence-electron chi connectivity index (χ0n) is 18.8. The van der Waals surface area contributed by atoms with E-state index in [4.69, 9.17) is 9.97 Å². The molecule has 0 spiro atoms. The van der Waals surface area contributed by atoms with Crippen molar-refractivity contribution in [2.45, 2.75) is 52.0 Å². The van der Waals surface area contributed by atoms with Gasteiger partial charge in [-0.3, -0.25) is 9.69 Å². The zero-order chi connectivity index (χ0) is 21.4. The van der Waals surface area contributed by atoms with E-state index >= 15 is 0 Å². The number of hydrogen-bond donors (Lipinski definition) is 0. The number of carbonyl (C=O) groups is 1. The van der Waals surface area contributed by atoms with Gasteiger partial charge in [-0.25, -0.2) is 9.97 Å². The van der Waals surface area contributed by atoms with Crippen molar-refractivity contribution in [1.82, 2.24) is 19.8 Å². The highest BCUT2D eigenvalue weighted by molar-refractivity contribution is 5.97. The van der Waals surface area contributed by atoms with E-state index in [9.17, 15) is 4.79 Å². The van der Waals surface area contributed by atoms with Crippen LogP contribution in [0.5, 0.6) is 0 Å². The van der Waals surface area contributed by atoms with Crippen LogP contribution in [0.25, 0.3) is 0 Å². The standard InChI is InChI=1S/C25H33N5O/c1-18-5-3-6-19(2)23(18)24(31)29-11-9-20-17-26-25(27-22(20)10-12-29)30-15-13-28(14-16-30)21-7-4-8-21/h3,5-6,17,21H,4,7-16H2,1-2H3. The Morgan fingerprint density at radius 3 is 2.35 bits per heavy atom. The Balaban J connectivity index is 1.26. The maximum atomic E-state index is 13.3. The normalized spacial score (nSPS) is 20.2. The molecule has 164 valence electrons. The van der Waals surface area contributed by atoms with Gasteiger partial charge in [-0.2, -0.15) is 0 Å². The largest absolute Gasteiger partial charge is 0.338 e. The van der Waals surface area contributed by atoms with Crippen molar-refractivity contribution in [2.75, 3.05) is 44.2 Å². The summed E-state index contributed by atoms with van der Waals surface area (Å²) in [6.07, 6.45) is 7.75. The monoisotopic (exact) mass is 419 g/mol. The molecule has 0 radical (unpaired) electrons. The summed E-state index contributed by atoms with van der Waals surface area (Å²) in [6.45, 7) is 9.73. The van der Waals surface area contributed by atoms with Crippen molar-refractivity contribution < 1.29 is 4.79 Å². The van der Waals surface area contributed by atoms with Crippen molar-refractivity contribution in [3.63, 3.8) is 0 Å². The minimum Gasteiger partial charge on any atom is -0.338 e. The molecule has 6 heteroatoms. The minimum absolute atomic E-state index is 0.142. The lowest BCUT2D eigenvalue weighted by atomic mass is 9.91. The molecule has 1 amide bonds. The topological polar surface area (TPSA) is 52.6 Å². The van der Waals surface area contributed by atoms with Gasteiger partial charge in [0.15, 0.2) is 0 Å². The van der Waals surface area contributed by atoms with Crippen LogP contribution in [0.2, 0.25) is 0 Å². The summed E-state index contributed by atoms with van der Waals surface area (Å²) in [7, 11) is 0. The molecule has 2 fully saturated rings. The van der Waals surface area contributed by atoms with Crippen molar-refractivity contribution >= 4 is 11.9 Å². The van der Waals surface area contributed by atoms with Crippen molar-refractivity contribution in [3.8, 4) is 0 Å². The van der Waals surface area contributed by atoms with Gasteiger partial charge in [-0.1, -0.05) is 24.6 Å². The summed E-state index contributed by atoms with van der Waals surface area (Å²) in [6, 6.07) is 6.88. The Bertz CT molecular complexity index is 942. The van der Waals surface area contributed by atoms with Gasteiger partial charge in [-0.15, -0.1) is 0 Å². The summed E-state index contributed by atoms with van der Waals surface area (Å²) in [4.78, 5) is 29.9. The second-order valence-corrected chi connectivity index (χ2v) is 9.31. The molecule has 1 aromatic carbocycles. The van der Waals surface area contributed by atoms with E-state index in [0.29, 0.717) is 6.54 Å². The molecule has 1 saturated heterocycles. The molecular weight excluding hydrogens is 386 g/mol. The van der Waals surface area contributed by atoms with Gasteiger partial charge in [0.05, 0.1) is 5.69 Å². The summed E-state index contributed by atoms with van der Waals surface area (Å²) < 4.78 is 0. The van der Waals surface area contributed by atoms with Crippen molar-refractivity contribution in [1.29, 1.82) is 0 Å². The van der Waals surface area contributed by atoms with E-state index in [1.807, 2.05) is 43.1 Å². The smallest absolute Gasteiger partial charge is 0.254 e. The molecule has 0 bridgehead atoms. The first-order valence-corrected chi connectivity index (χ1v) is 11.8. The van der Waals surface area contributed by atoms with Crippen LogP contribution in [0.4, 0.5) is 5.95 Å². The molecule has 2 aliphatic heterocycles. The van der Waals surface area contributed by atoms with Crippen LogP contribution >= 0.6 is 0 Å². The van der Waals surface area contributed by atoms with E-state index in [1.54, 1.807) is 0 Å². The lowest BCUT2D eigenvalue weighted by molar-refractivity contribution is 0.0761. The highest BCUT2D eigenvalue weighted by atomic mass is 16.2. The maximum absolute atomic E-state index is 13.3. The Hall–Kier alpha value is -2.47. The number of hydrogen-bond acceptors (Lipinski definition) is 5. The van der Waals surface area contributed by atoms with Gasteiger partial charge in [0.25, 0.3) is 5.91 Å². The summed E-state index contributed by atoms with van der Waals surface area (Å²) in [5, 5.41) is 0. The average molecular weight is 420 g/mol. The van der Waals surface area contributed by atoms with E-state index in [0.717, 1.165) is 79.9 Å². The first kappa shape index (κ1) is 20.4. The SMILES string of the molecule is Cc1cccc(C)c1C(=O)N1CCc2cnc(N3CCN(C4CCC4)CC3)nc2CC1. The van der Waals surface area contributed by atoms with Crippen molar-refractivity contribution in [3.05, 3.63) is 52.3 Å².